The molecule has 2 aromatic rings. The molecule has 0 fully saturated rings. The van der Waals surface area contributed by atoms with E-state index in [2.05, 4.69) is 22.4 Å². The minimum Gasteiger partial charge on any atom is -0.360 e. The van der Waals surface area contributed by atoms with Crippen molar-refractivity contribution in [1.29, 1.82) is 0 Å². The monoisotopic (exact) mass is 291 g/mol. The molecule has 1 atom stereocenters. The van der Waals surface area contributed by atoms with Crippen LogP contribution in [0.2, 0.25) is 0 Å². The van der Waals surface area contributed by atoms with Gasteiger partial charge in [0.25, 0.3) is 5.91 Å². The lowest BCUT2D eigenvalue weighted by Crippen LogP contribution is -2.17. The summed E-state index contributed by atoms with van der Waals surface area (Å²) in [5.74, 6) is 1.20. The number of hydrogen-bond donors (Lipinski definition) is 1. The van der Waals surface area contributed by atoms with Gasteiger partial charge in [0.05, 0.1) is 5.69 Å². The van der Waals surface area contributed by atoms with Crippen molar-refractivity contribution in [2.75, 3.05) is 5.32 Å². The second-order valence-corrected chi connectivity index (χ2v) is 6.60. The van der Waals surface area contributed by atoms with E-state index in [9.17, 15) is 4.79 Å². The third kappa shape index (κ3) is 2.35. The summed E-state index contributed by atoms with van der Waals surface area (Å²) in [4.78, 5) is 17.7. The third-order valence-electron chi connectivity index (χ3n) is 3.75. The molecule has 1 amide bonds. The molecule has 2 aromatic heterocycles. The van der Waals surface area contributed by atoms with Crippen molar-refractivity contribution in [2.24, 2.45) is 5.92 Å². The van der Waals surface area contributed by atoms with Crippen LogP contribution in [0.15, 0.2) is 4.52 Å². The minimum atomic E-state index is -0.224. The molecule has 0 saturated carbocycles. The van der Waals surface area contributed by atoms with Gasteiger partial charge in [-0.2, -0.15) is 0 Å². The van der Waals surface area contributed by atoms with Crippen LogP contribution >= 0.6 is 11.3 Å². The van der Waals surface area contributed by atoms with Crippen LogP contribution in [0.5, 0.6) is 0 Å². The molecule has 0 aliphatic heterocycles. The highest BCUT2D eigenvalue weighted by Crippen LogP contribution is 2.29. The fraction of sp³-hybridized carbons (Fsp3) is 0.500. The standard InChI is InChI=1S/C14H17N3O2S/c1-7-4-5-11-10(6-7)12(17-19-11)13(18)16-14-15-8(2)9(3)20-14/h7H,4-6H2,1-3H3,(H,15,16,18)/t7-/m0/s1. The number of aryl methyl sites for hydroxylation is 3. The van der Waals surface area contributed by atoms with Crippen molar-refractivity contribution >= 4 is 22.4 Å². The lowest BCUT2D eigenvalue weighted by molar-refractivity contribution is 0.101. The predicted molar refractivity (Wildman–Crippen MR) is 77.2 cm³/mol. The summed E-state index contributed by atoms with van der Waals surface area (Å²) in [5, 5.41) is 7.38. The zero-order chi connectivity index (χ0) is 14.3. The topological polar surface area (TPSA) is 68.0 Å². The van der Waals surface area contributed by atoms with Crippen molar-refractivity contribution in [1.82, 2.24) is 10.1 Å². The first kappa shape index (κ1) is 13.3. The molecule has 1 N–H and O–H groups in total. The molecular weight excluding hydrogens is 274 g/mol. The molecule has 106 valence electrons. The second kappa shape index (κ2) is 5.01. The van der Waals surface area contributed by atoms with E-state index in [4.69, 9.17) is 4.52 Å². The van der Waals surface area contributed by atoms with E-state index in [0.717, 1.165) is 41.2 Å². The largest absolute Gasteiger partial charge is 0.360 e. The molecule has 0 spiro atoms. The summed E-state index contributed by atoms with van der Waals surface area (Å²) in [7, 11) is 0. The van der Waals surface area contributed by atoms with Gasteiger partial charge in [-0.25, -0.2) is 4.98 Å². The molecule has 3 rings (SSSR count). The fourth-order valence-corrected chi connectivity index (χ4v) is 3.25. The van der Waals surface area contributed by atoms with Crippen molar-refractivity contribution in [3.05, 3.63) is 27.6 Å². The van der Waals surface area contributed by atoms with Gasteiger partial charge in [-0.15, -0.1) is 11.3 Å². The number of nitrogens with one attached hydrogen (secondary N) is 1. The van der Waals surface area contributed by atoms with Crippen molar-refractivity contribution in [2.45, 2.75) is 40.0 Å². The summed E-state index contributed by atoms with van der Waals surface area (Å²) >= 11 is 1.48. The van der Waals surface area contributed by atoms with Crippen LogP contribution in [0.25, 0.3) is 0 Å². The summed E-state index contributed by atoms with van der Waals surface area (Å²) in [6.07, 6.45) is 2.82. The minimum absolute atomic E-state index is 0.224. The summed E-state index contributed by atoms with van der Waals surface area (Å²) in [5.41, 5.74) is 2.32. The SMILES string of the molecule is Cc1nc(NC(=O)c2noc3c2C[C@@H](C)CC3)sc1C. The molecule has 0 bridgehead atoms. The van der Waals surface area contributed by atoms with Crippen LogP contribution in [0.3, 0.4) is 0 Å². The van der Waals surface area contributed by atoms with Crippen LogP contribution in [-0.4, -0.2) is 16.0 Å². The summed E-state index contributed by atoms with van der Waals surface area (Å²) in [6.45, 7) is 6.11. The Morgan fingerprint density at radius 3 is 2.95 bits per heavy atom. The molecular formula is C14H17N3O2S. The molecule has 1 aliphatic carbocycles. The Morgan fingerprint density at radius 2 is 2.25 bits per heavy atom. The maximum atomic E-state index is 12.3. The van der Waals surface area contributed by atoms with Crippen LogP contribution in [-0.2, 0) is 12.8 Å². The Kier molecular flexibility index (Phi) is 3.33. The van der Waals surface area contributed by atoms with E-state index in [1.54, 1.807) is 0 Å². The van der Waals surface area contributed by atoms with Crippen molar-refractivity contribution in [3.8, 4) is 0 Å². The number of amides is 1. The maximum Gasteiger partial charge on any atom is 0.279 e. The number of carbonyl (C=O) groups is 1. The number of rotatable bonds is 2. The Hall–Kier alpha value is -1.69. The summed E-state index contributed by atoms with van der Waals surface area (Å²) in [6, 6.07) is 0. The normalized spacial score (nSPS) is 17.9. The number of fused-ring (bicyclic) bond motifs is 1. The average molecular weight is 291 g/mol. The molecule has 1 aliphatic rings. The highest BCUT2D eigenvalue weighted by Gasteiger charge is 2.27. The molecule has 0 unspecified atom stereocenters. The van der Waals surface area contributed by atoms with Gasteiger partial charge in [-0.05, 0) is 32.6 Å². The number of hydrogen-bond acceptors (Lipinski definition) is 5. The first-order chi connectivity index (χ1) is 9.54. The molecule has 2 heterocycles. The van der Waals surface area contributed by atoms with Crippen molar-refractivity contribution < 1.29 is 9.32 Å². The number of thiazole rings is 1. The first-order valence-electron chi connectivity index (χ1n) is 6.77. The van der Waals surface area contributed by atoms with Gasteiger partial charge >= 0.3 is 0 Å². The summed E-state index contributed by atoms with van der Waals surface area (Å²) < 4.78 is 5.30. The quantitative estimate of drug-likeness (QED) is 0.923. The van der Waals surface area contributed by atoms with Gasteiger partial charge < -0.3 is 4.52 Å². The molecule has 0 saturated heterocycles. The van der Waals surface area contributed by atoms with Gasteiger partial charge in [0.15, 0.2) is 10.8 Å². The van der Waals surface area contributed by atoms with E-state index >= 15 is 0 Å². The highest BCUT2D eigenvalue weighted by molar-refractivity contribution is 7.15. The smallest absolute Gasteiger partial charge is 0.279 e. The van der Waals surface area contributed by atoms with Crippen LogP contribution < -0.4 is 5.32 Å². The number of aromatic nitrogens is 2. The van der Waals surface area contributed by atoms with Gasteiger partial charge in [-0.1, -0.05) is 12.1 Å². The van der Waals surface area contributed by atoms with E-state index in [0.29, 0.717) is 16.7 Å². The van der Waals surface area contributed by atoms with E-state index in [-0.39, 0.29) is 5.91 Å². The first-order valence-corrected chi connectivity index (χ1v) is 7.59. The molecule has 0 aromatic carbocycles. The average Bonchev–Trinajstić information content (AvgIpc) is 2.93. The number of carbonyl (C=O) groups excluding carboxylic acids is 1. The Morgan fingerprint density at radius 1 is 1.45 bits per heavy atom. The van der Waals surface area contributed by atoms with Crippen molar-refractivity contribution in [3.63, 3.8) is 0 Å². The number of anilines is 1. The third-order valence-corrected chi connectivity index (χ3v) is 4.74. The highest BCUT2D eigenvalue weighted by atomic mass is 32.1. The van der Waals surface area contributed by atoms with E-state index < -0.39 is 0 Å². The van der Waals surface area contributed by atoms with Gasteiger partial charge in [-0.3, -0.25) is 10.1 Å². The van der Waals surface area contributed by atoms with Crippen LogP contribution in [0.4, 0.5) is 5.13 Å². The zero-order valence-electron chi connectivity index (χ0n) is 11.8. The Balaban J connectivity index is 1.83. The predicted octanol–water partition coefficient (Wildman–Crippen LogP) is 3.13. The lowest BCUT2D eigenvalue weighted by Gasteiger charge is -2.16. The van der Waals surface area contributed by atoms with Gasteiger partial charge in [0.2, 0.25) is 0 Å². The van der Waals surface area contributed by atoms with Gasteiger partial charge in [0.1, 0.15) is 5.76 Å². The number of nitrogens with zero attached hydrogens (tertiary/aromatic N) is 2. The molecule has 0 radical (unpaired) electrons. The van der Waals surface area contributed by atoms with Gasteiger partial charge in [0, 0.05) is 16.9 Å². The van der Waals surface area contributed by atoms with Crippen LogP contribution in [0, 0.1) is 19.8 Å². The Bertz CT molecular complexity index is 640. The fourth-order valence-electron chi connectivity index (χ4n) is 2.44. The molecule has 20 heavy (non-hydrogen) atoms. The van der Waals surface area contributed by atoms with Crippen LogP contribution in [0.1, 0.15) is 45.7 Å². The Labute approximate surface area is 121 Å². The zero-order valence-corrected chi connectivity index (χ0v) is 12.6. The molecule has 5 nitrogen and oxygen atoms in total. The van der Waals surface area contributed by atoms with E-state index in [1.807, 2.05) is 13.8 Å². The molecule has 6 heteroatoms. The van der Waals surface area contributed by atoms with E-state index in [1.165, 1.54) is 11.3 Å². The lowest BCUT2D eigenvalue weighted by atomic mass is 9.88. The second-order valence-electron chi connectivity index (χ2n) is 5.40. The maximum absolute atomic E-state index is 12.3.